The van der Waals surface area contributed by atoms with E-state index in [0.717, 1.165) is 0 Å². The van der Waals surface area contributed by atoms with Crippen molar-refractivity contribution in [1.82, 2.24) is 19.1 Å². The number of aryl methyl sites for hydroxylation is 1. The maximum Gasteiger partial charge on any atom is 0.329 e. The number of Topliss-reactive ketones (excluding diaryl/α,β-unsaturated/α-hetero) is 1. The van der Waals surface area contributed by atoms with E-state index >= 15 is 0 Å². The summed E-state index contributed by atoms with van der Waals surface area (Å²) in [5.41, 5.74) is -0.193. The highest BCUT2D eigenvalue weighted by molar-refractivity contribution is 5.96. The Morgan fingerprint density at radius 1 is 1.26 bits per heavy atom. The zero-order chi connectivity index (χ0) is 16.6. The van der Waals surface area contributed by atoms with Crippen LogP contribution in [-0.4, -0.2) is 32.0 Å². The Morgan fingerprint density at radius 3 is 2.61 bits per heavy atom. The molecule has 3 rings (SSSR count). The minimum absolute atomic E-state index is 0.0515. The fourth-order valence-electron chi connectivity index (χ4n) is 2.33. The molecule has 0 atom stereocenters. The third kappa shape index (κ3) is 2.54. The van der Waals surface area contributed by atoms with Crippen LogP contribution in [0.1, 0.15) is 10.4 Å². The van der Waals surface area contributed by atoms with E-state index < -0.39 is 11.2 Å². The van der Waals surface area contributed by atoms with E-state index in [9.17, 15) is 14.4 Å². The predicted molar refractivity (Wildman–Crippen MR) is 82.9 cm³/mol. The van der Waals surface area contributed by atoms with Gasteiger partial charge in [0.15, 0.2) is 16.9 Å². The average molecular weight is 314 g/mol. The topological polar surface area (TPSA) is 99.0 Å². The van der Waals surface area contributed by atoms with E-state index in [1.807, 2.05) is 0 Å². The van der Waals surface area contributed by atoms with Crippen molar-refractivity contribution >= 4 is 16.9 Å². The molecule has 8 nitrogen and oxygen atoms in total. The summed E-state index contributed by atoms with van der Waals surface area (Å²) in [5, 5.41) is 0. The first kappa shape index (κ1) is 14.8. The number of aromatic nitrogens is 4. The first-order chi connectivity index (χ1) is 11.0. The number of carbonyl (C=O) groups is 1. The van der Waals surface area contributed by atoms with Crippen LogP contribution < -0.4 is 16.0 Å². The maximum absolute atomic E-state index is 12.3. The molecule has 118 valence electrons. The lowest BCUT2D eigenvalue weighted by atomic mass is 10.1. The van der Waals surface area contributed by atoms with Gasteiger partial charge in [-0.2, -0.15) is 0 Å². The zero-order valence-corrected chi connectivity index (χ0v) is 12.6. The van der Waals surface area contributed by atoms with Gasteiger partial charge in [0, 0.05) is 12.6 Å². The van der Waals surface area contributed by atoms with Crippen molar-refractivity contribution in [2.75, 3.05) is 7.11 Å². The lowest BCUT2D eigenvalue weighted by Crippen LogP contribution is -2.29. The average Bonchev–Trinajstić information content (AvgIpc) is 2.97. The third-order valence-electron chi connectivity index (χ3n) is 3.60. The summed E-state index contributed by atoms with van der Waals surface area (Å²) in [6, 6.07) is 6.69. The second-order valence-electron chi connectivity index (χ2n) is 5.01. The number of aromatic amines is 1. The Kier molecular flexibility index (Phi) is 3.57. The molecule has 23 heavy (non-hydrogen) atoms. The van der Waals surface area contributed by atoms with Crippen LogP contribution in [0.4, 0.5) is 0 Å². The number of benzene rings is 1. The number of ether oxygens (including phenoxy) is 1. The Balaban J connectivity index is 1.98. The van der Waals surface area contributed by atoms with Gasteiger partial charge in [0.1, 0.15) is 5.75 Å². The standard InChI is InChI=1S/C15H14N4O4/c1-18-13-12(14(21)17-15(18)22)19(8-16-13)7-11(20)9-3-5-10(23-2)6-4-9/h3-6,8H,7H2,1-2H3,(H,17,21,22). The molecular formula is C15H14N4O4. The molecule has 0 unspecified atom stereocenters. The van der Waals surface area contributed by atoms with E-state index in [2.05, 4.69) is 9.97 Å². The minimum Gasteiger partial charge on any atom is -0.497 e. The highest BCUT2D eigenvalue weighted by Crippen LogP contribution is 2.13. The molecule has 0 aliphatic heterocycles. The van der Waals surface area contributed by atoms with E-state index in [1.165, 1.54) is 22.5 Å². The van der Waals surface area contributed by atoms with Crippen molar-refractivity contribution in [1.29, 1.82) is 0 Å². The van der Waals surface area contributed by atoms with Gasteiger partial charge in [0.05, 0.1) is 20.0 Å². The molecule has 1 N–H and O–H groups in total. The molecule has 2 heterocycles. The van der Waals surface area contributed by atoms with Crippen molar-refractivity contribution in [3.63, 3.8) is 0 Å². The number of carbonyl (C=O) groups excluding carboxylic acids is 1. The summed E-state index contributed by atoms with van der Waals surface area (Å²) >= 11 is 0. The molecule has 0 saturated heterocycles. The number of ketones is 1. The highest BCUT2D eigenvalue weighted by Gasteiger charge is 2.14. The maximum atomic E-state index is 12.3. The highest BCUT2D eigenvalue weighted by atomic mass is 16.5. The Labute approximate surface area is 130 Å². The molecule has 0 aliphatic rings. The summed E-state index contributed by atoms with van der Waals surface area (Å²) in [4.78, 5) is 42.1. The summed E-state index contributed by atoms with van der Waals surface area (Å²) < 4.78 is 7.71. The van der Waals surface area contributed by atoms with E-state index in [4.69, 9.17) is 4.74 Å². The number of imidazole rings is 1. The normalized spacial score (nSPS) is 10.9. The van der Waals surface area contributed by atoms with E-state index in [1.54, 1.807) is 31.4 Å². The molecule has 0 aliphatic carbocycles. The molecular weight excluding hydrogens is 300 g/mol. The second kappa shape index (κ2) is 5.56. The molecule has 0 saturated carbocycles. The third-order valence-corrected chi connectivity index (χ3v) is 3.60. The van der Waals surface area contributed by atoms with Crippen molar-refractivity contribution < 1.29 is 9.53 Å². The van der Waals surface area contributed by atoms with Crippen LogP contribution in [0.15, 0.2) is 40.2 Å². The predicted octanol–water partition coefficient (Wildman–Crippen LogP) is 0.315. The van der Waals surface area contributed by atoms with Crippen LogP contribution in [0.3, 0.4) is 0 Å². The fraction of sp³-hybridized carbons (Fsp3) is 0.200. The van der Waals surface area contributed by atoms with Gasteiger partial charge in [-0.3, -0.25) is 19.1 Å². The van der Waals surface area contributed by atoms with Crippen LogP contribution in [0, 0.1) is 0 Å². The first-order valence-corrected chi connectivity index (χ1v) is 6.82. The van der Waals surface area contributed by atoms with E-state index in [-0.39, 0.29) is 23.5 Å². The van der Waals surface area contributed by atoms with Crippen molar-refractivity contribution in [2.45, 2.75) is 6.54 Å². The van der Waals surface area contributed by atoms with Gasteiger partial charge >= 0.3 is 5.69 Å². The van der Waals surface area contributed by atoms with Gasteiger partial charge in [-0.1, -0.05) is 0 Å². The molecule has 0 spiro atoms. The van der Waals surface area contributed by atoms with Gasteiger partial charge in [-0.15, -0.1) is 0 Å². The van der Waals surface area contributed by atoms with Crippen molar-refractivity contribution in [3.8, 4) is 5.75 Å². The van der Waals surface area contributed by atoms with Crippen LogP contribution in [0.2, 0.25) is 0 Å². The smallest absolute Gasteiger partial charge is 0.329 e. The summed E-state index contributed by atoms with van der Waals surface area (Å²) in [7, 11) is 3.05. The number of nitrogens with zero attached hydrogens (tertiary/aromatic N) is 3. The molecule has 0 bridgehead atoms. The van der Waals surface area contributed by atoms with Gasteiger partial charge in [-0.25, -0.2) is 9.78 Å². The van der Waals surface area contributed by atoms with Crippen molar-refractivity contribution in [3.05, 3.63) is 57.0 Å². The summed E-state index contributed by atoms with van der Waals surface area (Å²) in [5.74, 6) is 0.473. The lowest BCUT2D eigenvalue weighted by Gasteiger charge is -2.05. The molecule has 0 radical (unpaired) electrons. The number of methoxy groups -OCH3 is 1. The number of hydrogen-bond donors (Lipinski definition) is 1. The van der Waals surface area contributed by atoms with Crippen LogP contribution in [0.5, 0.6) is 5.75 Å². The Bertz CT molecular complexity index is 995. The van der Waals surface area contributed by atoms with Gasteiger partial charge < -0.3 is 9.30 Å². The quantitative estimate of drug-likeness (QED) is 0.699. The number of fused-ring (bicyclic) bond motifs is 1. The van der Waals surface area contributed by atoms with Crippen molar-refractivity contribution in [2.24, 2.45) is 7.05 Å². The SMILES string of the molecule is COc1ccc(C(=O)Cn2cnc3c2c(=O)[nH]c(=O)n3C)cc1. The Hall–Kier alpha value is -3.16. The van der Waals surface area contributed by atoms with Crippen LogP contribution >= 0.6 is 0 Å². The first-order valence-electron chi connectivity index (χ1n) is 6.82. The monoisotopic (exact) mass is 314 g/mol. The van der Waals surface area contributed by atoms with Gasteiger partial charge in [0.25, 0.3) is 5.56 Å². The largest absolute Gasteiger partial charge is 0.497 e. The van der Waals surface area contributed by atoms with Crippen LogP contribution in [-0.2, 0) is 13.6 Å². The molecule has 3 aromatic rings. The number of nitrogens with one attached hydrogen (secondary N) is 1. The molecule has 1 aromatic carbocycles. The number of rotatable bonds is 4. The second-order valence-corrected chi connectivity index (χ2v) is 5.01. The lowest BCUT2D eigenvalue weighted by molar-refractivity contribution is 0.0973. The Morgan fingerprint density at radius 2 is 1.96 bits per heavy atom. The summed E-state index contributed by atoms with van der Waals surface area (Å²) in [6.07, 6.45) is 1.38. The molecule has 8 heteroatoms. The molecule has 0 amide bonds. The number of H-pyrrole nitrogens is 1. The van der Waals surface area contributed by atoms with Crippen LogP contribution in [0.25, 0.3) is 11.2 Å². The minimum atomic E-state index is -0.567. The summed E-state index contributed by atoms with van der Waals surface area (Å²) in [6.45, 7) is -0.0515. The molecule has 0 fully saturated rings. The fourth-order valence-corrected chi connectivity index (χ4v) is 2.33. The van der Waals surface area contributed by atoms with Gasteiger partial charge in [0.2, 0.25) is 0 Å². The number of hydrogen-bond acceptors (Lipinski definition) is 5. The molecule has 2 aromatic heterocycles. The van der Waals surface area contributed by atoms with E-state index in [0.29, 0.717) is 11.3 Å². The zero-order valence-electron chi connectivity index (χ0n) is 12.6. The van der Waals surface area contributed by atoms with Gasteiger partial charge in [-0.05, 0) is 24.3 Å².